The van der Waals surface area contributed by atoms with E-state index in [-0.39, 0.29) is 0 Å². The second kappa shape index (κ2) is 6.14. The molecule has 1 saturated carbocycles. The monoisotopic (exact) mass is 254 g/mol. The van der Waals surface area contributed by atoms with Crippen molar-refractivity contribution < 1.29 is 0 Å². The lowest BCUT2D eigenvalue weighted by molar-refractivity contribution is 0.0858. The van der Waals surface area contributed by atoms with E-state index in [1.54, 1.807) is 0 Å². The maximum atomic E-state index is 5.92. The van der Waals surface area contributed by atoms with Gasteiger partial charge in [0.05, 0.1) is 11.0 Å². The van der Waals surface area contributed by atoms with Crippen molar-refractivity contribution in [1.82, 2.24) is 4.90 Å². The molecular weight excluding hydrogens is 228 g/mol. The minimum atomic E-state index is 0.388. The average molecular weight is 254 g/mol. The van der Waals surface area contributed by atoms with Crippen LogP contribution in [-0.2, 0) is 0 Å². The molecule has 3 unspecified atom stereocenters. The lowest BCUT2D eigenvalue weighted by Crippen LogP contribution is -2.52. The SMILES string of the molecule is CCC1CCCC(N2CCCCC2C(N)=S)C1. The van der Waals surface area contributed by atoms with Crippen molar-refractivity contribution in [3.05, 3.63) is 0 Å². The molecule has 1 aliphatic carbocycles. The molecule has 0 aromatic heterocycles. The summed E-state index contributed by atoms with van der Waals surface area (Å²) < 4.78 is 0. The quantitative estimate of drug-likeness (QED) is 0.785. The van der Waals surface area contributed by atoms with E-state index in [4.69, 9.17) is 18.0 Å². The first-order valence-electron chi connectivity index (χ1n) is 7.27. The Balaban J connectivity index is 2.00. The van der Waals surface area contributed by atoms with E-state index in [0.29, 0.717) is 6.04 Å². The normalized spacial score (nSPS) is 35.7. The fraction of sp³-hybridized carbons (Fsp3) is 0.929. The molecule has 1 saturated heterocycles. The minimum absolute atomic E-state index is 0.388. The largest absolute Gasteiger partial charge is 0.392 e. The third-order valence-electron chi connectivity index (χ3n) is 4.67. The molecule has 0 aromatic carbocycles. The predicted octanol–water partition coefficient (Wildman–Crippen LogP) is 3.10. The van der Waals surface area contributed by atoms with E-state index in [2.05, 4.69) is 11.8 Å². The van der Waals surface area contributed by atoms with Crippen molar-refractivity contribution in [2.24, 2.45) is 11.7 Å². The lowest BCUT2D eigenvalue weighted by Gasteiger charge is -2.44. The molecule has 0 radical (unpaired) electrons. The van der Waals surface area contributed by atoms with E-state index in [0.717, 1.165) is 16.9 Å². The number of hydrogen-bond acceptors (Lipinski definition) is 2. The third-order valence-corrected chi connectivity index (χ3v) is 4.95. The van der Waals surface area contributed by atoms with Crippen LogP contribution in [0.5, 0.6) is 0 Å². The van der Waals surface area contributed by atoms with Gasteiger partial charge in [-0.3, -0.25) is 4.90 Å². The second-order valence-electron chi connectivity index (χ2n) is 5.75. The Labute approximate surface area is 111 Å². The lowest BCUT2D eigenvalue weighted by atomic mass is 9.82. The molecule has 2 nitrogen and oxygen atoms in total. The summed E-state index contributed by atoms with van der Waals surface area (Å²) in [6, 6.07) is 1.14. The molecular formula is C14H26N2S. The first kappa shape index (κ1) is 13.3. The topological polar surface area (TPSA) is 29.3 Å². The van der Waals surface area contributed by atoms with Crippen LogP contribution in [0.25, 0.3) is 0 Å². The molecule has 2 N–H and O–H groups in total. The average Bonchev–Trinajstić information content (AvgIpc) is 2.39. The van der Waals surface area contributed by atoms with Crippen molar-refractivity contribution in [2.75, 3.05) is 6.54 Å². The van der Waals surface area contributed by atoms with Crippen molar-refractivity contribution in [3.8, 4) is 0 Å². The second-order valence-corrected chi connectivity index (χ2v) is 6.22. The minimum Gasteiger partial charge on any atom is -0.392 e. The number of piperidine rings is 1. The van der Waals surface area contributed by atoms with Crippen LogP contribution in [0.15, 0.2) is 0 Å². The van der Waals surface area contributed by atoms with Gasteiger partial charge in [0.2, 0.25) is 0 Å². The molecule has 2 rings (SSSR count). The Hall–Kier alpha value is -0.150. The van der Waals surface area contributed by atoms with Gasteiger partial charge in [-0.15, -0.1) is 0 Å². The van der Waals surface area contributed by atoms with Gasteiger partial charge in [-0.05, 0) is 38.1 Å². The summed E-state index contributed by atoms with van der Waals surface area (Å²) in [6.45, 7) is 3.54. The highest BCUT2D eigenvalue weighted by Gasteiger charge is 2.33. The molecule has 17 heavy (non-hydrogen) atoms. The van der Waals surface area contributed by atoms with Crippen LogP contribution < -0.4 is 5.73 Å². The molecule has 0 aromatic rings. The number of hydrogen-bond donors (Lipinski definition) is 1. The van der Waals surface area contributed by atoms with Crippen molar-refractivity contribution in [2.45, 2.75) is 70.4 Å². The highest BCUT2D eigenvalue weighted by atomic mass is 32.1. The van der Waals surface area contributed by atoms with E-state index < -0.39 is 0 Å². The summed E-state index contributed by atoms with van der Waals surface area (Å²) in [7, 11) is 0. The van der Waals surface area contributed by atoms with Gasteiger partial charge in [0.15, 0.2) is 0 Å². The Bertz CT molecular complexity index is 267. The zero-order chi connectivity index (χ0) is 12.3. The fourth-order valence-electron chi connectivity index (χ4n) is 3.63. The van der Waals surface area contributed by atoms with Crippen molar-refractivity contribution in [3.63, 3.8) is 0 Å². The standard InChI is InChI=1S/C14H26N2S/c1-2-11-6-5-7-12(10-11)16-9-4-3-8-13(16)14(15)17/h11-13H,2-10H2,1H3,(H2,15,17). The summed E-state index contributed by atoms with van der Waals surface area (Å²) in [5.41, 5.74) is 5.92. The zero-order valence-electron chi connectivity index (χ0n) is 11.0. The Morgan fingerprint density at radius 1 is 1.24 bits per heavy atom. The summed E-state index contributed by atoms with van der Waals surface area (Å²) in [5.74, 6) is 0.933. The van der Waals surface area contributed by atoms with E-state index in [1.807, 2.05) is 0 Å². The van der Waals surface area contributed by atoms with Crippen LogP contribution in [-0.4, -0.2) is 28.5 Å². The van der Waals surface area contributed by atoms with Crippen LogP contribution in [0.4, 0.5) is 0 Å². The zero-order valence-corrected chi connectivity index (χ0v) is 11.8. The van der Waals surface area contributed by atoms with Gasteiger partial charge in [-0.25, -0.2) is 0 Å². The molecule has 1 aliphatic heterocycles. The highest BCUT2D eigenvalue weighted by molar-refractivity contribution is 7.80. The maximum Gasteiger partial charge on any atom is 0.0902 e. The number of nitrogens with two attached hydrogens (primary N) is 1. The van der Waals surface area contributed by atoms with Crippen LogP contribution in [0.3, 0.4) is 0 Å². The Morgan fingerprint density at radius 3 is 2.76 bits per heavy atom. The van der Waals surface area contributed by atoms with Gasteiger partial charge in [0.25, 0.3) is 0 Å². The number of nitrogens with zero attached hydrogens (tertiary/aromatic N) is 1. The Kier molecular flexibility index (Phi) is 4.80. The molecule has 2 aliphatic rings. The third kappa shape index (κ3) is 3.19. The Morgan fingerprint density at radius 2 is 2.06 bits per heavy atom. The molecule has 98 valence electrons. The predicted molar refractivity (Wildman–Crippen MR) is 77.2 cm³/mol. The van der Waals surface area contributed by atoms with Crippen LogP contribution in [0.2, 0.25) is 0 Å². The molecule has 3 atom stereocenters. The van der Waals surface area contributed by atoms with Gasteiger partial charge >= 0.3 is 0 Å². The highest BCUT2D eigenvalue weighted by Crippen LogP contribution is 2.33. The summed E-state index contributed by atoms with van der Waals surface area (Å²) >= 11 is 5.26. The summed E-state index contributed by atoms with van der Waals surface area (Å²) in [4.78, 5) is 3.36. The van der Waals surface area contributed by atoms with Gasteiger partial charge in [-0.2, -0.15) is 0 Å². The fourth-order valence-corrected chi connectivity index (χ4v) is 3.88. The van der Waals surface area contributed by atoms with Crippen LogP contribution in [0.1, 0.15) is 58.3 Å². The van der Waals surface area contributed by atoms with E-state index >= 15 is 0 Å². The molecule has 0 bridgehead atoms. The van der Waals surface area contributed by atoms with E-state index in [1.165, 1.54) is 57.9 Å². The van der Waals surface area contributed by atoms with Crippen LogP contribution in [0, 0.1) is 5.92 Å². The molecule has 3 heteroatoms. The van der Waals surface area contributed by atoms with Crippen LogP contribution >= 0.6 is 12.2 Å². The molecule has 0 spiro atoms. The smallest absolute Gasteiger partial charge is 0.0902 e. The first-order valence-corrected chi connectivity index (χ1v) is 7.68. The summed E-state index contributed by atoms with van der Waals surface area (Å²) in [6.07, 6.45) is 10.7. The molecule has 2 fully saturated rings. The first-order chi connectivity index (χ1) is 8.22. The van der Waals surface area contributed by atoms with Gasteiger partial charge in [-0.1, -0.05) is 44.8 Å². The number of rotatable bonds is 3. The molecule has 0 amide bonds. The molecule has 1 heterocycles. The summed E-state index contributed by atoms with van der Waals surface area (Å²) in [5, 5.41) is 0. The number of likely N-dealkylation sites (tertiary alicyclic amines) is 1. The number of thiocarbonyl (C=S) groups is 1. The van der Waals surface area contributed by atoms with Gasteiger partial charge in [0.1, 0.15) is 0 Å². The maximum absolute atomic E-state index is 5.92. The van der Waals surface area contributed by atoms with Crippen molar-refractivity contribution in [1.29, 1.82) is 0 Å². The van der Waals surface area contributed by atoms with Gasteiger partial charge in [0, 0.05) is 6.04 Å². The van der Waals surface area contributed by atoms with Gasteiger partial charge < -0.3 is 5.73 Å². The van der Waals surface area contributed by atoms with Crippen molar-refractivity contribution >= 4 is 17.2 Å². The van der Waals surface area contributed by atoms with E-state index in [9.17, 15) is 0 Å².